The van der Waals surface area contributed by atoms with Crippen LogP contribution >= 0.6 is 0 Å². The summed E-state index contributed by atoms with van der Waals surface area (Å²) < 4.78 is 10.7. The zero-order valence-corrected chi connectivity index (χ0v) is 11.8. The van der Waals surface area contributed by atoms with Crippen molar-refractivity contribution in [2.24, 2.45) is 11.7 Å². The van der Waals surface area contributed by atoms with Gasteiger partial charge in [-0.3, -0.25) is 4.79 Å². The van der Waals surface area contributed by atoms with Gasteiger partial charge in [0.1, 0.15) is 12.4 Å². The standard InChI is InChI=1S/C15H22N2O3/c1-19-13-7-5-12(6-8-13)17-15(18)10-20-14-4-2-3-11(14)9-16/h5-8,11,14H,2-4,9-10,16H2,1H3,(H,17,18). The van der Waals surface area contributed by atoms with Crippen molar-refractivity contribution in [3.05, 3.63) is 24.3 Å². The van der Waals surface area contributed by atoms with Gasteiger partial charge in [-0.15, -0.1) is 0 Å². The van der Waals surface area contributed by atoms with Gasteiger partial charge in [-0.05, 0) is 49.6 Å². The molecule has 1 aromatic rings. The number of hydrogen-bond acceptors (Lipinski definition) is 4. The zero-order valence-electron chi connectivity index (χ0n) is 11.8. The van der Waals surface area contributed by atoms with E-state index in [1.165, 1.54) is 0 Å². The van der Waals surface area contributed by atoms with Crippen molar-refractivity contribution in [1.82, 2.24) is 0 Å². The summed E-state index contributed by atoms with van der Waals surface area (Å²) in [4.78, 5) is 11.8. The number of carbonyl (C=O) groups is 1. The number of ether oxygens (including phenoxy) is 2. The Hall–Kier alpha value is -1.59. The summed E-state index contributed by atoms with van der Waals surface area (Å²) in [6, 6.07) is 7.21. The molecule has 3 N–H and O–H groups in total. The van der Waals surface area contributed by atoms with Gasteiger partial charge < -0.3 is 20.5 Å². The van der Waals surface area contributed by atoms with E-state index in [2.05, 4.69) is 5.32 Å². The maximum atomic E-state index is 11.8. The Morgan fingerprint density at radius 1 is 1.35 bits per heavy atom. The van der Waals surface area contributed by atoms with Crippen LogP contribution in [0.1, 0.15) is 19.3 Å². The van der Waals surface area contributed by atoms with Crippen LogP contribution in [0, 0.1) is 5.92 Å². The molecular formula is C15H22N2O3. The predicted octanol–water partition coefficient (Wildman–Crippen LogP) is 1.78. The maximum absolute atomic E-state index is 11.8. The average Bonchev–Trinajstić information content (AvgIpc) is 2.93. The molecule has 0 aliphatic heterocycles. The fourth-order valence-electron chi connectivity index (χ4n) is 2.55. The molecule has 1 fully saturated rings. The highest BCUT2D eigenvalue weighted by Gasteiger charge is 2.27. The van der Waals surface area contributed by atoms with Gasteiger partial charge in [-0.1, -0.05) is 6.42 Å². The van der Waals surface area contributed by atoms with Crippen LogP contribution in [-0.4, -0.2) is 32.3 Å². The van der Waals surface area contributed by atoms with Crippen molar-refractivity contribution < 1.29 is 14.3 Å². The Morgan fingerprint density at radius 2 is 2.10 bits per heavy atom. The summed E-state index contributed by atoms with van der Waals surface area (Å²) in [5.41, 5.74) is 6.43. The molecule has 1 aliphatic carbocycles. The molecule has 20 heavy (non-hydrogen) atoms. The van der Waals surface area contributed by atoms with Gasteiger partial charge in [-0.2, -0.15) is 0 Å². The van der Waals surface area contributed by atoms with E-state index in [1.54, 1.807) is 31.4 Å². The maximum Gasteiger partial charge on any atom is 0.250 e. The second-order valence-corrected chi connectivity index (χ2v) is 5.05. The Kier molecular flexibility index (Phi) is 5.38. The first kappa shape index (κ1) is 14.8. The van der Waals surface area contributed by atoms with Crippen molar-refractivity contribution in [3.63, 3.8) is 0 Å². The summed E-state index contributed by atoms with van der Waals surface area (Å²) in [5.74, 6) is 1.01. The molecule has 1 saturated carbocycles. The minimum Gasteiger partial charge on any atom is -0.497 e. The monoisotopic (exact) mass is 278 g/mol. The van der Waals surface area contributed by atoms with E-state index in [1.807, 2.05) is 0 Å². The SMILES string of the molecule is COc1ccc(NC(=O)COC2CCCC2CN)cc1. The molecule has 5 heteroatoms. The largest absolute Gasteiger partial charge is 0.497 e. The van der Waals surface area contributed by atoms with Crippen molar-refractivity contribution in [2.75, 3.05) is 25.6 Å². The fraction of sp³-hybridized carbons (Fsp3) is 0.533. The molecule has 0 aromatic heterocycles. The molecule has 2 unspecified atom stereocenters. The smallest absolute Gasteiger partial charge is 0.250 e. The minimum atomic E-state index is -0.141. The van der Waals surface area contributed by atoms with Crippen LogP contribution in [-0.2, 0) is 9.53 Å². The van der Waals surface area contributed by atoms with Gasteiger partial charge in [0.05, 0.1) is 13.2 Å². The molecule has 0 saturated heterocycles. The van der Waals surface area contributed by atoms with Crippen LogP contribution in [0.4, 0.5) is 5.69 Å². The van der Waals surface area contributed by atoms with Crippen LogP contribution in [0.15, 0.2) is 24.3 Å². The Morgan fingerprint density at radius 3 is 2.75 bits per heavy atom. The van der Waals surface area contributed by atoms with Gasteiger partial charge in [0.15, 0.2) is 0 Å². The van der Waals surface area contributed by atoms with Crippen molar-refractivity contribution in [1.29, 1.82) is 0 Å². The normalized spacial score (nSPS) is 21.7. The molecule has 0 spiro atoms. The Bertz CT molecular complexity index is 433. The van der Waals surface area contributed by atoms with Crippen molar-refractivity contribution in [2.45, 2.75) is 25.4 Å². The van der Waals surface area contributed by atoms with Crippen molar-refractivity contribution >= 4 is 11.6 Å². The topological polar surface area (TPSA) is 73.6 Å². The van der Waals surface area contributed by atoms with E-state index < -0.39 is 0 Å². The van der Waals surface area contributed by atoms with Crippen LogP contribution in [0.2, 0.25) is 0 Å². The van der Waals surface area contributed by atoms with Crippen molar-refractivity contribution in [3.8, 4) is 5.75 Å². The molecule has 1 aliphatic rings. The van der Waals surface area contributed by atoms with Gasteiger partial charge in [-0.25, -0.2) is 0 Å². The number of hydrogen-bond donors (Lipinski definition) is 2. The highest BCUT2D eigenvalue weighted by molar-refractivity contribution is 5.91. The average molecular weight is 278 g/mol. The number of methoxy groups -OCH3 is 1. The highest BCUT2D eigenvalue weighted by Crippen LogP contribution is 2.27. The predicted molar refractivity (Wildman–Crippen MR) is 77.8 cm³/mol. The number of anilines is 1. The summed E-state index contributed by atoms with van der Waals surface area (Å²) in [7, 11) is 1.61. The number of amides is 1. The van der Waals surface area contributed by atoms with Gasteiger partial charge in [0.2, 0.25) is 5.91 Å². The molecule has 0 heterocycles. The lowest BCUT2D eigenvalue weighted by atomic mass is 10.1. The van der Waals surface area contributed by atoms with E-state index in [0.29, 0.717) is 12.5 Å². The highest BCUT2D eigenvalue weighted by atomic mass is 16.5. The summed E-state index contributed by atoms with van der Waals surface area (Å²) in [5, 5.41) is 2.80. The van der Waals surface area contributed by atoms with E-state index >= 15 is 0 Å². The quantitative estimate of drug-likeness (QED) is 0.832. The van der Waals surface area contributed by atoms with Gasteiger partial charge in [0.25, 0.3) is 0 Å². The number of carbonyl (C=O) groups excluding carboxylic acids is 1. The van der Waals surface area contributed by atoms with Crippen LogP contribution in [0.3, 0.4) is 0 Å². The first-order valence-corrected chi connectivity index (χ1v) is 6.98. The minimum absolute atomic E-state index is 0.0766. The van der Waals surface area contributed by atoms with Crippen LogP contribution in [0.25, 0.3) is 0 Å². The third-order valence-electron chi connectivity index (χ3n) is 3.69. The molecule has 2 rings (SSSR count). The Balaban J connectivity index is 1.77. The number of rotatable bonds is 6. The van der Waals surface area contributed by atoms with Crippen LogP contribution in [0.5, 0.6) is 5.75 Å². The molecule has 0 bridgehead atoms. The summed E-state index contributed by atoms with van der Waals surface area (Å²) >= 11 is 0. The number of nitrogens with two attached hydrogens (primary N) is 1. The van der Waals surface area contributed by atoms with E-state index in [-0.39, 0.29) is 18.6 Å². The lowest BCUT2D eigenvalue weighted by molar-refractivity contribution is -0.123. The van der Waals surface area contributed by atoms with E-state index in [4.69, 9.17) is 15.2 Å². The zero-order chi connectivity index (χ0) is 14.4. The fourth-order valence-corrected chi connectivity index (χ4v) is 2.55. The molecule has 0 radical (unpaired) electrons. The molecule has 5 nitrogen and oxygen atoms in total. The molecule has 2 atom stereocenters. The number of nitrogens with one attached hydrogen (secondary N) is 1. The first-order valence-electron chi connectivity index (χ1n) is 6.98. The third kappa shape index (κ3) is 3.95. The molecule has 110 valence electrons. The summed E-state index contributed by atoms with van der Waals surface area (Å²) in [6.07, 6.45) is 3.35. The Labute approximate surface area is 119 Å². The second-order valence-electron chi connectivity index (χ2n) is 5.05. The van der Waals surface area contributed by atoms with Crippen LogP contribution < -0.4 is 15.8 Å². The summed E-state index contributed by atoms with van der Waals surface area (Å²) in [6.45, 7) is 0.706. The first-order chi connectivity index (χ1) is 9.72. The van der Waals surface area contributed by atoms with Gasteiger partial charge in [0, 0.05) is 5.69 Å². The number of benzene rings is 1. The third-order valence-corrected chi connectivity index (χ3v) is 3.69. The lowest BCUT2D eigenvalue weighted by Gasteiger charge is -2.18. The molecule has 1 aromatic carbocycles. The molecule has 1 amide bonds. The van der Waals surface area contributed by atoms with Gasteiger partial charge >= 0.3 is 0 Å². The van der Waals surface area contributed by atoms with E-state index in [9.17, 15) is 4.79 Å². The van der Waals surface area contributed by atoms with E-state index in [0.717, 1.165) is 30.7 Å². The lowest BCUT2D eigenvalue weighted by Crippen LogP contribution is -2.29. The second kappa shape index (κ2) is 7.26. The molecular weight excluding hydrogens is 256 g/mol.